The quantitative estimate of drug-likeness (QED) is 0.718. The molecule has 1 unspecified atom stereocenters. The molecule has 0 radical (unpaired) electrons. The lowest BCUT2D eigenvalue weighted by Crippen LogP contribution is -2.39. The molecule has 1 aliphatic carbocycles. The summed E-state index contributed by atoms with van der Waals surface area (Å²) < 4.78 is 29.6. The van der Waals surface area contributed by atoms with Gasteiger partial charge in [-0.15, -0.1) is 0 Å². The highest BCUT2D eigenvalue weighted by Crippen LogP contribution is 2.24. The van der Waals surface area contributed by atoms with Gasteiger partial charge >= 0.3 is 0 Å². The summed E-state index contributed by atoms with van der Waals surface area (Å²) in [5.41, 5.74) is 2.14. The van der Waals surface area contributed by atoms with E-state index in [0.29, 0.717) is 5.39 Å². The second-order valence-electron chi connectivity index (χ2n) is 7.38. The third-order valence-corrected chi connectivity index (χ3v) is 6.78. The zero-order valence-electron chi connectivity index (χ0n) is 15.8. The highest BCUT2D eigenvalue weighted by molar-refractivity contribution is 7.89. The number of hydrogen-bond donors (Lipinski definition) is 1. The van der Waals surface area contributed by atoms with Gasteiger partial charge in [0.2, 0.25) is 10.0 Å². The summed E-state index contributed by atoms with van der Waals surface area (Å²) in [5, 5.41) is 5.52. The van der Waals surface area contributed by atoms with Crippen molar-refractivity contribution in [3.05, 3.63) is 70.1 Å². The van der Waals surface area contributed by atoms with Crippen molar-refractivity contribution in [2.24, 2.45) is 0 Å². The predicted molar refractivity (Wildman–Crippen MR) is 109 cm³/mol. The number of fused-ring (bicyclic) bond motifs is 2. The Hall–Kier alpha value is -2.51. The number of hydrogen-bond acceptors (Lipinski definition) is 4. The zero-order chi connectivity index (χ0) is 19.7. The number of nitrogens with zero attached hydrogens (tertiary/aromatic N) is 2. The van der Waals surface area contributed by atoms with Crippen LogP contribution in [0.3, 0.4) is 0 Å². The van der Waals surface area contributed by atoms with Crippen molar-refractivity contribution in [2.75, 3.05) is 0 Å². The van der Waals surface area contributed by atoms with E-state index in [1.165, 1.54) is 10.2 Å². The van der Waals surface area contributed by atoms with Gasteiger partial charge in [-0.05, 0) is 61.9 Å². The Bertz CT molecular complexity index is 1180. The van der Waals surface area contributed by atoms with E-state index in [4.69, 9.17) is 0 Å². The summed E-state index contributed by atoms with van der Waals surface area (Å²) in [6.07, 6.45) is 5.81. The molecule has 146 valence electrons. The van der Waals surface area contributed by atoms with Gasteiger partial charge in [-0.3, -0.25) is 4.79 Å². The average Bonchev–Trinajstić information content (AvgIpc) is 2.69. The molecule has 1 N–H and O–H groups in total. The van der Waals surface area contributed by atoms with Gasteiger partial charge in [0.05, 0.1) is 23.0 Å². The molecule has 0 fully saturated rings. The second kappa shape index (κ2) is 7.48. The van der Waals surface area contributed by atoms with E-state index in [1.54, 1.807) is 37.4 Å². The van der Waals surface area contributed by atoms with Crippen LogP contribution in [-0.2, 0) is 29.4 Å². The molecule has 0 saturated carbocycles. The Balaban J connectivity index is 1.54. The van der Waals surface area contributed by atoms with Crippen LogP contribution in [0.5, 0.6) is 0 Å². The molecule has 0 aliphatic heterocycles. The topological polar surface area (TPSA) is 81.1 Å². The van der Waals surface area contributed by atoms with Gasteiger partial charge in [-0.2, -0.15) is 5.10 Å². The first-order valence-corrected chi connectivity index (χ1v) is 11.0. The van der Waals surface area contributed by atoms with Crippen molar-refractivity contribution in [2.45, 2.75) is 50.1 Å². The third kappa shape index (κ3) is 3.72. The fourth-order valence-electron chi connectivity index (χ4n) is 3.76. The normalized spacial score (nSPS) is 15.3. The van der Waals surface area contributed by atoms with E-state index in [2.05, 4.69) is 9.82 Å². The van der Waals surface area contributed by atoms with Crippen LogP contribution < -0.4 is 10.3 Å². The van der Waals surface area contributed by atoms with Crippen LogP contribution in [0.2, 0.25) is 0 Å². The van der Waals surface area contributed by atoms with Crippen molar-refractivity contribution in [1.82, 2.24) is 14.5 Å². The molecule has 7 heteroatoms. The molecule has 0 spiro atoms. The van der Waals surface area contributed by atoms with Crippen LogP contribution >= 0.6 is 0 Å². The smallest absolute Gasteiger partial charge is 0.267 e. The first kappa shape index (κ1) is 18.8. The monoisotopic (exact) mass is 397 g/mol. The summed E-state index contributed by atoms with van der Waals surface area (Å²) in [4.78, 5) is 12.9. The molecule has 4 rings (SSSR count). The minimum absolute atomic E-state index is 0.161. The van der Waals surface area contributed by atoms with Crippen LogP contribution in [0.4, 0.5) is 0 Å². The van der Waals surface area contributed by atoms with Gasteiger partial charge in [0.25, 0.3) is 5.56 Å². The largest absolute Gasteiger partial charge is 0.274 e. The fraction of sp³-hybridized carbons (Fsp3) is 0.333. The molecule has 1 heterocycles. The fourth-order valence-corrected chi connectivity index (χ4v) is 5.05. The Morgan fingerprint density at radius 1 is 1.11 bits per heavy atom. The van der Waals surface area contributed by atoms with Gasteiger partial charge < -0.3 is 0 Å². The van der Waals surface area contributed by atoms with Crippen molar-refractivity contribution < 1.29 is 8.42 Å². The van der Waals surface area contributed by atoms with E-state index >= 15 is 0 Å². The van der Waals surface area contributed by atoms with E-state index in [1.807, 2.05) is 18.2 Å². The molecule has 1 aromatic heterocycles. The number of benzene rings is 2. The molecule has 6 nitrogen and oxygen atoms in total. The summed E-state index contributed by atoms with van der Waals surface area (Å²) in [5.74, 6) is 0. The summed E-state index contributed by atoms with van der Waals surface area (Å²) in [6, 6.07) is 12.1. The molecular formula is C21H23N3O3S. The first-order valence-electron chi connectivity index (χ1n) is 9.53. The number of aromatic nitrogens is 2. The van der Waals surface area contributed by atoms with E-state index < -0.39 is 16.1 Å². The minimum atomic E-state index is -3.66. The number of nitrogens with one attached hydrogen (secondary N) is 1. The zero-order valence-corrected chi connectivity index (χ0v) is 16.6. The lowest BCUT2D eigenvalue weighted by atomic mass is 9.92. The summed E-state index contributed by atoms with van der Waals surface area (Å²) in [7, 11) is -3.66. The average molecular weight is 398 g/mol. The van der Waals surface area contributed by atoms with Crippen LogP contribution in [0.1, 0.15) is 30.9 Å². The van der Waals surface area contributed by atoms with Gasteiger partial charge in [-0.25, -0.2) is 17.8 Å². The lowest BCUT2D eigenvalue weighted by Gasteiger charge is -2.18. The highest BCUT2D eigenvalue weighted by Gasteiger charge is 2.20. The maximum absolute atomic E-state index is 12.8. The van der Waals surface area contributed by atoms with E-state index in [9.17, 15) is 13.2 Å². The first-order chi connectivity index (χ1) is 13.4. The standard InChI is InChI=1S/C21H23N3O3S/c1-15(14-24-21(25)20-9-5-4-8-18(20)13-22-24)23-28(26,27)19-11-10-16-6-2-3-7-17(16)12-19/h4-5,8-13,15,23H,2-3,6-7,14H2,1H3. The Morgan fingerprint density at radius 3 is 2.68 bits per heavy atom. The molecule has 0 saturated heterocycles. The maximum Gasteiger partial charge on any atom is 0.274 e. The Kier molecular flexibility index (Phi) is 5.03. The van der Waals surface area contributed by atoms with Crippen molar-refractivity contribution in [3.63, 3.8) is 0 Å². The van der Waals surface area contributed by atoms with Gasteiger partial charge in [-0.1, -0.05) is 24.3 Å². The lowest BCUT2D eigenvalue weighted by molar-refractivity contribution is 0.480. The van der Waals surface area contributed by atoms with Crippen LogP contribution in [0.25, 0.3) is 10.8 Å². The van der Waals surface area contributed by atoms with Crippen LogP contribution in [0.15, 0.2) is 58.4 Å². The summed E-state index contributed by atoms with van der Waals surface area (Å²) in [6.45, 7) is 1.90. The molecule has 1 aliphatic rings. The van der Waals surface area contributed by atoms with Crippen molar-refractivity contribution >= 4 is 20.8 Å². The van der Waals surface area contributed by atoms with Gasteiger partial charge in [0, 0.05) is 11.4 Å². The van der Waals surface area contributed by atoms with E-state index in [-0.39, 0.29) is 17.0 Å². The maximum atomic E-state index is 12.8. The number of aryl methyl sites for hydroxylation is 2. The second-order valence-corrected chi connectivity index (χ2v) is 9.09. The third-order valence-electron chi connectivity index (χ3n) is 5.20. The van der Waals surface area contributed by atoms with Gasteiger partial charge in [0.1, 0.15) is 0 Å². The summed E-state index contributed by atoms with van der Waals surface area (Å²) >= 11 is 0. The van der Waals surface area contributed by atoms with Crippen LogP contribution in [0, 0.1) is 0 Å². The SMILES string of the molecule is CC(Cn1ncc2ccccc2c1=O)NS(=O)(=O)c1ccc2c(c1)CCCC2. The number of rotatable bonds is 5. The molecule has 3 aromatic rings. The molecule has 0 bridgehead atoms. The van der Waals surface area contributed by atoms with Crippen LogP contribution in [-0.4, -0.2) is 24.2 Å². The predicted octanol–water partition coefficient (Wildman–Crippen LogP) is 2.64. The van der Waals surface area contributed by atoms with Crippen molar-refractivity contribution in [3.8, 4) is 0 Å². The van der Waals surface area contributed by atoms with Crippen molar-refractivity contribution in [1.29, 1.82) is 0 Å². The highest BCUT2D eigenvalue weighted by atomic mass is 32.2. The molecule has 1 atom stereocenters. The molecular weight excluding hydrogens is 374 g/mol. The van der Waals surface area contributed by atoms with Gasteiger partial charge in [0.15, 0.2) is 0 Å². The Labute approximate surface area is 164 Å². The molecule has 2 aromatic carbocycles. The molecule has 0 amide bonds. The molecule has 28 heavy (non-hydrogen) atoms. The minimum Gasteiger partial charge on any atom is -0.267 e. The number of sulfonamides is 1. The Morgan fingerprint density at radius 2 is 1.86 bits per heavy atom. The van der Waals surface area contributed by atoms with E-state index in [0.717, 1.165) is 36.6 Å².